The summed E-state index contributed by atoms with van der Waals surface area (Å²) in [4.78, 5) is 0. The van der Waals surface area contributed by atoms with Crippen molar-refractivity contribution in [2.45, 2.75) is 194 Å². The molecule has 0 radical (unpaired) electrons. The van der Waals surface area contributed by atoms with Gasteiger partial charge in [-0.25, -0.2) is 0 Å². The van der Waals surface area contributed by atoms with Crippen LogP contribution in [0.5, 0.6) is 0 Å². The lowest BCUT2D eigenvalue weighted by molar-refractivity contribution is -0.890. The molecule has 0 rings (SSSR count). The minimum Gasteiger partial charge on any atom is -1.00 e. The molecule has 0 aromatic rings. The molecule has 0 atom stereocenters. The summed E-state index contributed by atoms with van der Waals surface area (Å²) in [6, 6.07) is 0. The predicted octanol–water partition coefficient (Wildman–Crippen LogP) is 9.83. The van der Waals surface area contributed by atoms with Crippen molar-refractivity contribution in [1.29, 1.82) is 0 Å². The first kappa shape index (κ1) is 42.6. The Labute approximate surface area is 254 Å². The van der Waals surface area contributed by atoms with E-state index in [1.54, 1.807) is 0 Å². The van der Waals surface area contributed by atoms with E-state index in [2.05, 4.69) is 41.1 Å². The molecule has 0 aromatic heterocycles. The van der Waals surface area contributed by atoms with Crippen LogP contribution in [0.4, 0.5) is 0 Å². The number of quaternary nitrogens is 1. The molecule has 0 amide bonds. The molecule has 0 saturated heterocycles. The predicted molar refractivity (Wildman–Crippen MR) is 174 cm³/mol. The molecule has 0 aliphatic rings. The highest BCUT2D eigenvalue weighted by molar-refractivity contribution is 4.51. The quantitative estimate of drug-likeness (QED) is 0.0436. The average molecular weight is 603 g/mol. The van der Waals surface area contributed by atoms with E-state index < -0.39 is 0 Å². The SMILES string of the molecule is C=C.CCCCCCCCCCCCCCCC[N+](C)(C)CCCCCCCCCCCCCCCC.[Br-]. The van der Waals surface area contributed by atoms with Gasteiger partial charge in [-0.1, -0.05) is 168 Å². The smallest absolute Gasteiger partial charge is 0.0782 e. The molecule has 0 N–H and O–H groups in total. The zero-order valence-corrected chi connectivity index (χ0v) is 29.0. The third-order valence-corrected chi connectivity index (χ3v) is 8.23. The van der Waals surface area contributed by atoms with Gasteiger partial charge in [0, 0.05) is 0 Å². The number of halogens is 1. The molecule has 0 fully saturated rings. The molecule has 1 nitrogen and oxygen atoms in total. The number of hydrogen-bond acceptors (Lipinski definition) is 0. The normalized spacial score (nSPS) is 11.2. The summed E-state index contributed by atoms with van der Waals surface area (Å²) in [6.07, 6.45) is 40.9. The zero-order chi connectivity index (χ0) is 27.7. The maximum atomic E-state index is 3.00. The Morgan fingerprint density at radius 2 is 0.474 bits per heavy atom. The number of hydrogen-bond donors (Lipinski definition) is 0. The number of nitrogens with zero attached hydrogens (tertiary/aromatic N) is 1. The zero-order valence-electron chi connectivity index (χ0n) is 27.5. The lowest BCUT2D eigenvalue weighted by Gasteiger charge is -2.30. The highest BCUT2D eigenvalue weighted by atomic mass is 79.9. The van der Waals surface area contributed by atoms with Gasteiger partial charge in [0.2, 0.25) is 0 Å². The van der Waals surface area contributed by atoms with E-state index in [0.29, 0.717) is 0 Å². The molecule has 0 spiro atoms. The van der Waals surface area contributed by atoms with Crippen LogP contribution in [0, 0.1) is 0 Å². The van der Waals surface area contributed by atoms with Gasteiger partial charge in [0.1, 0.15) is 0 Å². The maximum absolute atomic E-state index is 3.00. The van der Waals surface area contributed by atoms with E-state index in [-0.39, 0.29) is 17.0 Å². The van der Waals surface area contributed by atoms with Crippen LogP contribution in [0.3, 0.4) is 0 Å². The second-order valence-corrected chi connectivity index (χ2v) is 12.6. The molecule has 2 heteroatoms. The van der Waals surface area contributed by atoms with Crippen molar-refractivity contribution in [2.75, 3.05) is 27.2 Å². The molecule has 0 heterocycles. The van der Waals surface area contributed by atoms with E-state index >= 15 is 0 Å². The van der Waals surface area contributed by atoms with Crippen LogP contribution >= 0.6 is 0 Å². The first-order chi connectivity index (χ1) is 18.1. The highest BCUT2D eigenvalue weighted by Gasteiger charge is 2.13. The number of rotatable bonds is 30. The van der Waals surface area contributed by atoms with Crippen molar-refractivity contribution >= 4 is 0 Å². The fourth-order valence-electron chi connectivity index (χ4n) is 5.58. The molecule has 0 bridgehead atoms. The van der Waals surface area contributed by atoms with E-state index in [1.807, 2.05) is 0 Å². The summed E-state index contributed by atoms with van der Waals surface area (Å²) < 4.78 is 1.25. The fraction of sp³-hybridized carbons (Fsp3) is 0.944. The van der Waals surface area contributed by atoms with Crippen LogP contribution in [0.25, 0.3) is 0 Å². The Balaban J connectivity index is -0.00000398. The van der Waals surface area contributed by atoms with Crippen LogP contribution in [0.1, 0.15) is 194 Å². The third kappa shape index (κ3) is 38.3. The van der Waals surface area contributed by atoms with E-state index in [9.17, 15) is 0 Å². The first-order valence-corrected chi connectivity index (χ1v) is 17.4. The monoisotopic (exact) mass is 602 g/mol. The topological polar surface area (TPSA) is 0 Å². The second-order valence-electron chi connectivity index (χ2n) is 12.6. The largest absolute Gasteiger partial charge is 1.00 e. The van der Waals surface area contributed by atoms with Gasteiger partial charge in [0.15, 0.2) is 0 Å². The van der Waals surface area contributed by atoms with Crippen LogP contribution in [0.2, 0.25) is 0 Å². The Bertz CT molecular complexity index is 361. The van der Waals surface area contributed by atoms with E-state index in [0.717, 1.165) is 0 Å². The summed E-state index contributed by atoms with van der Waals surface area (Å²) in [6.45, 7) is 13.4. The van der Waals surface area contributed by atoms with Crippen molar-refractivity contribution in [3.8, 4) is 0 Å². The van der Waals surface area contributed by atoms with Crippen molar-refractivity contribution in [3.63, 3.8) is 0 Å². The van der Waals surface area contributed by atoms with Crippen LogP contribution < -0.4 is 17.0 Å². The van der Waals surface area contributed by atoms with Crippen LogP contribution in [-0.4, -0.2) is 31.7 Å². The molecule has 0 unspecified atom stereocenters. The Kier molecular flexibility index (Phi) is 41.7. The molecule has 0 saturated carbocycles. The lowest BCUT2D eigenvalue weighted by atomic mass is 10.0. The van der Waals surface area contributed by atoms with Gasteiger partial charge < -0.3 is 21.5 Å². The van der Waals surface area contributed by atoms with Crippen molar-refractivity contribution in [3.05, 3.63) is 13.2 Å². The third-order valence-electron chi connectivity index (χ3n) is 8.23. The molecular formula is C36H76BrN. The van der Waals surface area contributed by atoms with Gasteiger partial charge in [0.05, 0.1) is 27.2 Å². The van der Waals surface area contributed by atoms with Gasteiger partial charge in [-0.05, 0) is 25.7 Å². The van der Waals surface area contributed by atoms with Gasteiger partial charge >= 0.3 is 0 Å². The maximum Gasteiger partial charge on any atom is 0.0782 e. The summed E-state index contributed by atoms with van der Waals surface area (Å²) in [5.74, 6) is 0. The fourth-order valence-corrected chi connectivity index (χ4v) is 5.58. The summed E-state index contributed by atoms with van der Waals surface area (Å²) in [5, 5.41) is 0. The second kappa shape index (κ2) is 37.2. The Morgan fingerprint density at radius 3 is 0.658 bits per heavy atom. The average Bonchev–Trinajstić information content (AvgIpc) is 2.90. The minimum atomic E-state index is 0. The van der Waals surface area contributed by atoms with Crippen molar-refractivity contribution in [1.82, 2.24) is 0 Å². The Morgan fingerprint density at radius 1 is 0.316 bits per heavy atom. The molecule has 0 aromatic carbocycles. The lowest BCUT2D eigenvalue weighted by Crippen LogP contribution is -3.00. The number of unbranched alkanes of at least 4 members (excludes halogenated alkanes) is 26. The summed E-state index contributed by atoms with van der Waals surface area (Å²) in [5.41, 5.74) is 0. The van der Waals surface area contributed by atoms with Crippen molar-refractivity contribution in [2.24, 2.45) is 0 Å². The Hall–Kier alpha value is 0.180. The standard InChI is InChI=1S/C34H72N.C2H4.BrH/c1-5-7-9-11-13-15-17-19-21-23-25-27-29-31-33-35(3,4)34-32-30-28-26-24-22-20-18-16-14-12-10-8-6-2;1-2;/h5-34H2,1-4H3;1-2H2;1H/q+1;;/p-1. The minimum absolute atomic E-state index is 0. The molecule has 0 aliphatic heterocycles. The van der Waals surface area contributed by atoms with Gasteiger partial charge in [-0.2, -0.15) is 0 Å². The van der Waals surface area contributed by atoms with E-state index in [1.165, 1.54) is 197 Å². The molecule has 38 heavy (non-hydrogen) atoms. The van der Waals surface area contributed by atoms with Gasteiger partial charge in [0.25, 0.3) is 0 Å². The van der Waals surface area contributed by atoms with Gasteiger partial charge in [-0.15, -0.1) is 13.2 Å². The highest BCUT2D eigenvalue weighted by Crippen LogP contribution is 2.15. The van der Waals surface area contributed by atoms with Gasteiger partial charge in [-0.3, -0.25) is 0 Å². The molecule has 232 valence electrons. The summed E-state index contributed by atoms with van der Waals surface area (Å²) >= 11 is 0. The van der Waals surface area contributed by atoms with E-state index in [4.69, 9.17) is 0 Å². The van der Waals surface area contributed by atoms with Crippen LogP contribution in [0.15, 0.2) is 13.2 Å². The van der Waals surface area contributed by atoms with Crippen LogP contribution in [-0.2, 0) is 0 Å². The first-order valence-electron chi connectivity index (χ1n) is 17.4. The molecular weight excluding hydrogens is 526 g/mol. The van der Waals surface area contributed by atoms with Crippen molar-refractivity contribution < 1.29 is 21.5 Å². The molecule has 0 aliphatic carbocycles. The summed E-state index contributed by atoms with van der Waals surface area (Å²) in [7, 11) is 4.93.